The van der Waals surface area contributed by atoms with Crippen LogP contribution in [-0.2, 0) is 0 Å². The van der Waals surface area contributed by atoms with Crippen LogP contribution in [0.2, 0.25) is 0 Å². The minimum atomic E-state index is 0.954. The Balaban J connectivity index is 3.18. The Morgan fingerprint density at radius 3 is 1.45 bits per heavy atom. The number of hydrogen-bond acceptors (Lipinski definition) is 0. The highest BCUT2D eigenvalue weighted by Crippen LogP contribution is 2.17. The number of unbranched alkanes of at least 4 members (excludes halogenated alkanes) is 11. The molecule has 0 aromatic rings. The molecule has 0 aliphatic rings. The molecule has 0 aliphatic heterocycles. The van der Waals surface area contributed by atoms with Crippen molar-refractivity contribution in [2.45, 2.75) is 124 Å². The van der Waals surface area contributed by atoms with Crippen LogP contribution in [0.1, 0.15) is 124 Å². The summed E-state index contributed by atoms with van der Waals surface area (Å²) < 4.78 is 0. The highest BCUT2D eigenvalue weighted by molar-refractivity contribution is 4.81. The molecular weight excluding hydrogens is 264 g/mol. The van der Waals surface area contributed by atoms with E-state index in [-0.39, 0.29) is 0 Å². The van der Waals surface area contributed by atoms with Crippen molar-refractivity contribution in [2.75, 3.05) is 0 Å². The molecule has 0 aliphatic carbocycles. The monoisotopic (exact) mass is 308 g/mol. The number of hydrogen-bond donors (Lipinski definition) is 0. The van der Waals surface area contributed by atoms with E-state index in [1.165, 1.54) is 103 Å². The summed E-state index contributed by atoms with van der Waals surface area (Å²) >= 11 is 0. The second kappa shape index (κ2) is 18.8. The first-order valence-corrected chi connectivity index (χ1v) is 10.5. The van der Waals surface area contributed by atoms with Gasteiger partial charge in [0.2, 0.25) is 0 Å². The van der Waals surface area contributed by atoms with E-state index in [1.807, 2.05) is 0 Å². The van der Waals surface area contributed by atoms with E-state index in [1.54, 1.807) is 0 Å². The average molecular weight is 309 g/mol. The van der Waals surface area contributed by atoms with Gasteiger partial charge < -0.3 is 0 Å². The SMILES string of the molecule is CCCCCCCC=CCCCCCC(C)CCCCCC. The summed E-state index contributed by atoms with van der Waals surface area (Å²) in [6.45, 7) is 7.03. The van der Waals surface area contributed by atoms with Crippen LogP contribution >= 0.6 is 0 Å². The lowest BCUT2D eigenvalue weighted by Crippen LogP contribution is -1.94. The summed E-state index contributed by atoms with van der Waals surface area (Å²) in [5.41, 5.74) is 0. The van der Waals surface area contributed by atoms with Crippen LogP contribution < -0.4 is 0 Å². The standard InChI is InChI=1S/C22H44/c1-4-6-8-10-11-12-13-14-15-16-17-19-21-22(3)20-18-9-7-5-2/h13-14,22H,4-12,15-21H2,1-3H3. The second-order valence-electron chi connectivity index (χ2n) is 7.27. The second-order valence-corrected chi connectivity index (χ2v) is 7.27. The van der Waals surface area contributed by atoms with Crippen LogP contribution in [0.4, 0.5) is 0 Å². The fourth-order valence-corrected chi connectivity index (χ4v) is 3.10. The van der Waals surface area contributed by atoms with E-state index >= 15 is 0 Å². The molecule has 1 atom stereocenters. The van der Waals surface area contributed by atoms with Crippen molar-refractivity contribution in [3.63, 3.8) is 0 Å². The van der Waals surface area contributed by atoms with Crippen LogP contribution in [0, 0.1) is 5.92 Å². The molecule has 0 saturated heterocycles. The lowest BCUT2D eigenvalue weighted by molar-refractivity contribution is 0.437. The Labute approximate surface area is 142 Å². The van der Waals surface area contributed by atoms with Crippen molar-refractivity contribution in [3.8, 4) is 0 Å². The van der Waals surface area contributed by atoms with Crippen molar-refractivity contribution in [1.82, 2.24) is 0 Å². The molecule has 1 unspecified atom stereocenters. The Morgan fingerprint density at radius 2 is 0.955 bits per heavy atom. The van der Waals surface area contributed by atoms with Gasteiger partial charge in [-0.05, 0) is 31.6 Å². The van der Waals surface area contributed by atoms with E-state index in [4.69, 9.17) is 0 Å². The molecule has 0 spiro atoms. The normalized spacial score (nSPS) is 13.0. The molecule has 0 aromatic heterocycles. The van der Waals surface area contributed by atoms with Gasteiger partial charge in [-0.15, -0.1) is 0 Å². The molecule has 0 bridgehead atoms. The number of allylic oxidation sites excluding steroid dienone is 2. The zero-order valence-electron chi connectivity index (χ0n) is 16.0. The predicted molar refractivity (Wildman–Crippen MR) is 104 cm³/mol. The van der Waals surface area contributed by atoms with E-state index in [0.717, 1.165) is 5.92 Å². The van der Waals surface area contributed by atoms with Crippen molar-refractivity contribution in [2.24, 2.45) is 5.92 Å². The zero-order valence-corrected chi connectivity index (χ0v) is 16.0. The van der Waals surface area contributed by atoms with Crippen molar-refractivity contribution >= 4 is 0 Å². The third-order valence-corrected chi connectivity index (χ3v) is 4.76. The first-order valence-electron chi connectivity index (χ1n) is 10.5. The first kappa shape index (κ1) is 21.7. The Hall–Kier alpha value is -0.260. The van der Waals surface area contributed by atoms with E-state index in [2.05, 4.69) is 32.9 Å². The maximum Gasteiger partial charge on any atom is -0.0351 e. The topological polar surface area (TPSA) is 0 Å². The predicted octanol–water partition coefficient (Wildman–Crippen LogP) is 8.46. The molecule has 0 heterocycles. The lowest BCUT2D eigenvalue weighted by Gasteiger charge is -2.10. The average Bonchev–Trinajstić information content (AvgIpc) is 2.52. The molecule has 0 saturated carbocycles. The molecular formula is C22H44. The van der Waals surface area contributed by atoms with Gasteiger partial charge >= 0.3 is 0 Å². The molecule has 0 fully saturated rings. The van der Waals surface area contributed by atoms with Crippen LogP contribution in [0.25, 0.3) is 0 Å². The molecule has 0 aromatic carbocycles. The summed E-state index contributed by atoms with van der Waals surface area (Å²) in [4.78, 5) is 0. The third kappa shape index (κ3) is 17.8. The summed E-state index contributed by atoms with van der Waals surface area (Å²) in [5, 5.41) is 0. The summed E-state index contributed by atoms with van der Waals surface area (Å²) in [6.07, 6.45) is 27.3. The van der Waals surface area contributed by atoms with Gasteiger partial charge in [0.05, 0.1) is 0 Å². The van der Waals surface area contributed by atoms with Gasteiger partial charge in [0.15, 0.2) is 0 Å². The Morgan fingerprint density at radius 1 is 0.545 bits per heavy atom. The van der Waals surface area contributed by atoms with Crippen LogP contribution in [-0.4, -0.2) is 0 Å². The van der Waals surface area contributed by atoms with Crippen molar-refractivity contribution in [3.05, 3.63) is 12.2 Å². The fraction of sp³-hybridized carbons (Fsp3) is 0.909. The van der Waals surface area contributed by atoms with Crippen LogP contribution in [0.5, 0.6) is 0 Å². The zero-order chi connectivity index (χ0) is 16.3. The highest BCUT2D eigenvalue weighted by atomic mass is 14.1. The van der Waals surface area contributed by atoms with E-state index in [9.17, 15) is 0 Å². The lowest BCUT2D eigenvalue weighted by atomic mass is 9.96. The largest absolute Gasteiger partial charge is 0.0885 e. The van der Waals surface area contributed by atoms with Crippen LogP contribution in [0.3, 0.4) is 0 Å². The minimum absolute atomic E-state index is 0.954. The quantitative estimate of drug-likeness (QED) is 0.187. The van der Waals surface area contributed by atoms with Gasteiger partial charge in [-0.25, -0.2) is 0 Å². The summed E-state index contributed by atoms with van der Waals surface area (Å²) in [5.74, 6) is 0.954. The van der Waals surface area contributed by atoms with Gasteiger partial charge in [0.25, 0.3) is 0 Å². The fourth-order valence-electron chi connectivity index (χ4n) is 3.10. The molecule has 0 nitrogen and oxygen atoms in total. The molecule has 0 N–H and O–H groups in total. The number of rotatable bonds is 17. The van der Waals surface area contributed by atoms with Gasteiger partial charge in [-0.2, -0.15) is 0 Å². The van der Waals surface area contributed by atoms with Crippen molar-refractivity contribution < 1.29 is 0 Å². The van der Waals surface area contributed by atoms with Gasteiger partial charge in [-0.3, -0.25) is 0 Å². The molecule has 0 amide bonds. The molecule has 0 radical (unpaired) electrons. The highest BCUT2D eigenvalue weighted by Gasteiger charge is 2.01. The molecule has 22 heavy (non-hydrogen) atoms. The van der Waals surface area contributed by atoms with Gasteiger partial charge in [0, 0.05) is 0 Å². The first-order chi connectivity index (χ1) is 10.8. The Bertz CT molecular complexity index is 216. The van der Waals surface area contributed by atoms with Crippen LogP contribution in [0.15, 0.2) is 12.2 Å². The van der Waals surface area contributed by atoms with Crippen molar-refractivity contribution in [1.29, 1.82) is 0 Å². The summed E-state index contributed by atoms with van der Waals surface area (Å²) in [7, 11) is 0. The van der Waals surface area contributed by atoms with E-state index in [0.29, 0.717) is 0 Å². The summed E-state index contributed by atoms with van der Waals surface area (Å²) in [6, 6.07) is 0. The van der Waals surface area contributed by atoms with Gasteiger partial charge in [0.1, 0.15) is 0 Å². The maximum absolute atomic E-state index is 2.45. The molecule has 0 rings (SSSR count). The van der Waals surface area contributed by atoms with Gasteiger partial charge in [-0.1, -0.05) is 110 Å². The third-order valence-electron chi connectivity index (χ3n) is 4.76. The molecule has 132 valence electrons. The molecule has 0 heteroatoms. The van der Waals surface area contributed by atoms with E-state index < -0.39 is 0 Å². The maximum atomic E-state index is 2.45. The smallest absolute Gasteiger partial charge is 0.0351 e. The minimum Gasteiger partial charge on any atom is -0.0885 e. The Kier molecular flexibility index (Phi) is 18.6.